The van der Waals surface area contributed by atoms with Crippen LogP contribution in [0, 0.1) is 0 Å². The van der Waals surface area contributed by atoms with E-state index in [-0.39, 0.29) is 108 Å². The van der Waals surface area contributed by atoms with Crippen LogP contribution in [0.2, 0.25) is 0 Å². The molecule has 12 atom stereocenters. The maximum atomic E-state index is 10.1. The van der Waals surface area contributed by atoms with E-state index in [2.05, 4.69) is 0 Å². The first-order valence-electron chi connectivity index (χ1n) is 13.1. The van der Waals surface area contributed by atoms with Gasteiger partial charge in [-0.05, 0) is 0 Å². The molecule has 16 N–H and O–H groups in total. The minimum Gasteiger partial charge on any atom is -0.550 e. The van der Waals surface area contributed by atoms with Gasteiger partial charge in [0.25, 0.3) is 0 Å². The van der Waals surface area contributed by atoms with Gasteiger partial charge in [0.1, 0.15) is 78.8 Å². The molecule has 0 bridgehead atoms. The summed E-state index contributed by atoms with van der Waals surface area (Å²) in [7, 11) is 0. The van der Waals surface area contributed by atoms with E-state index in [4.69, 9.17) is 81.7 Å². The number of hydrogen-bond donors (Lipinski definition) is 16. The fourth-order valence-electron chi connectivity index (χ4n) is 2.54. The SMILES string of the molecule is O=C([O-])CC(O)(CC(=O)[O-])C(=O)[O-].O=C[C@H](O)[C@@H](O)[C@H](O)[C@H](O)CO.O=C[C@H](O)[C@@H](O)[C@H](O)[C@H](O)CO.O=C[C@H](O)[C@@H](O)[C@H](O)[C@H](O)CO.[Na+].[Na+].[Na+]. The van der Waals surface area contributed by atoms with E-state index in [1.165, 1.54) is 0 Å². The van der Waals surface area contributed by atoms with Gasteiger partial charge >= 0.3 is 88.7 Å². The molecule has 290 valence electrons. The molecule has 25 nitrogen and oxygen atoms in total. The van der Waals surface area contributed by atoms with Crippen LogP contribution in [0.4, 0.5) is 0 Å². The maximum Gasteiger partial charge on any atom is 1.00 e. The van der Waals surface area contributed by atoms with Gasteiger partial charge in [-0.2, -0.15) is 0 Å². The predicted octanol–water partition coefficient (Wildman–Crippen LogP) is -24.4. The number of carboxylic acid groups (broad SMARTS) is 3. The van der Waals surface area contributed by atoms with E-state index >= 15 is 0 Å². The fraction of sp³-hybridized carbons (Fsp3) is 0.750. The van der Waals surface area contributed by atoms with Crippen LogP contribution in [0.1, 0.15) is 12.8 Å². The van der Waals surface area contributed by atoms with Crippen LogP contribution >= 0.6 is 0 Å². The van der Waals surface area contributed by atoms with E-state index < -0.39 is 129 Å². The Kier molecular flexibility index (Phi) is 46.6. The molecule has 0 radical (unpaired) electrons. The molecule has 0 fully saturated rings. The van der Waals surface area contributed by atoms with Gasteiger partial charge in [0.2, 0.25) is 0 Å². The Hall–Kier alpha value is -0.220. The predicted molar refractivity (Wildman–Crippen MR) is 141 cm³/mol. The second-order valence-electron chi connectivity index (χ2n) is 9.49. The summed E-state index contributed by atoms with van der Waals surface area (Å²) in [4.78, 5) is 59.7. The first-order valence-corrected chi connectivity index (χ1v) is 13.1. The molecule has 0 aliphatic heterocycles. The monoisotopic (exact) mass is 798 g/mol. The van der Waals surface area contributed by atoms with Gasteiger partial charge in [0.05, 0.1) is 25.8 Å². The Labute approximate surface area is 359 Å². The zero-order chi connectivity index (χ0) is 39.8. The summed E-state index contributed by atoms with van der Waals surface area (Å²) in [6.45, 7) is -2.28. The standard InChI is InChI=1S/C6H8O7.3C6H12O6.3Na/c7-3(8)1-6(13,5(11)12)2-4(9)10;3*7-1-3(9)5(11)6(12)4(10)2-8;;;/h13H,1-2H2,(H,7,8)(H,9,10)(H,11,12);3*1,3-6,8-12H,2H2;;;/q;;;;3*+1/p-3/t;3*3-,4+,5+,6+;;;/m.000.../s1. The number of hydrogen-bond acceptors (Lipinski definition) is 25. The number of carboxylic acids is 3. The molecule has 0 aromatic heterocycles. The van der Waals surface area contributed by atoms with Gasteiger partial charge in [0.15, 0.2) is 18.9 Å². The molecule has 0 aliphatic rings. The molecule has 0 amide bonds. The number of carbonyl (C=O) groups is 6. The summed E-state index contributed by atoms with van der Waals surface area (Å²) >= 11 is 0. The molecule has 28 heteroatoms. The number of aliphatic hydroxyl groups is 16. The summed E-state index contributed by atoms with van der Waals surface area (Å²) in [5.74, 6) is -5.98. The summed E-state index contributed by atoms with van der Waals surface area (Å²) in [5, 5.41) is 170. The third-order valence-electron chi connectivity index (χ3n) is 5.52. The van der Waals surface area contributed by atoms with Crippen molar-refractivity contribution in [1.29, 1.82) is 0 Å². The molecule has 0 saturated heterocycles. The van der Waals surface area contributed by atoms with Crippen molar-refractivity contribution < 1.29 is 214 Å². The smallest absolute Gasteiger partial charge is 0.550 e. The number of rotatable bonds is 20. The Morgan fingerprint density at radius 3 is 0.769 bits per heavy atom. The van der Waals surface area contributed by atoms with Crippen molar-refractivity contribution in [2.24, 2.45) is 0 Å². The molecule has 0 saturated carbocycles. The Morgan fingerprint density at radius 2 is 0.654 bits per heavy atom. The first-order chi connectivity index (χ1) is 22.4. The Bertz CT molecular complexity index is 872. The number of carbonyl (C=O) groups excluding carboxylic acids is 6. The molecule has 0 rings (SSSR count). The molecular weight excluding hydrogens is 757 g/mol. The molecule has 0 aliphatic carbocycles. The number of aldehydes is 3. The van der Waals surface area contributed by atoms with E-state index in [0.717, 1.165) is 0 Å². The van der Waals surface area contributed by atoms with Crippen molar-refractivity contribution >= 4 is 36.8 Å². The fourth-order valence-corrected chi connectivity index (χ4v) is 2.54. The summed E-state index contributed by atoms with van der Waals surface area (Å²) < 4.78 is 0. The maximum absolute atomic E-state index is 10.1. The van der Waals surface area contributed by atoms with Gasteiger partial charge in [-0.15, -0.1) is 0 Å². The summed E-state index contributed by atoms with van der Waals surface area (Å²) in [5.41, 5.74) is -2.97. The Balaban J connectivity index is -0.000000102. The molecule has 0 aromatic carbocycles. The quantitative estimate of drug-likeness (QED) is 0.0401. The second-order valence-corrected chi connectivity index (χ2v) is 9.49. The minimum atomic E-state index is -2.97. The molecule has 0 heterocycles. The largest absolute Gasteiger partial charge is 1.00 e. The van der Waals surface area contributed by atoms with E-state index in [0.29, 0.717) is 0 Å². The van der Waals surface area contributed by atoms with Crippen molar-refractivity contribution in [3.05, 3.63) is 0 Å². The van der Waals surface area contributed by atoms with Gasteiger partial charge in [-0.3, -0.25) is 0 Å². The minimum absolute atomic E-state index is 0. The van der Waals surface area contributed by atoms with Gasteiger partial charge in [0, 0.05) is 24.8 Å². The van der Waals surface area contributed by atoms with Crippen LogP contribution in [0.15, 0.2) is 0 Å². The van der Waals surface area contributed by atoms with E-state index in [1.54, 1.807) is 0 Å². The van der Waals surface area contributed by atoms with Gasteiger partial charge in [-0.25, -0.2) is 0 Å². The van der Waals surface area contributed by atoms with Crippen molar-refractivity contribution in [3.8, 4) is 0 Å². The van der Waals surface area contributed by atoms with Crippen molar-refractivity contribution in [1.82, 2.24) is 0 Å². The number of aliphatic hydroxyl groups excluding tert-OH is 15. The van der Waals surface area contributed by atoms with Crippen LogP contribution < -0.4 is 104 Å². The van der Waals surface area contributed by atoms with Gasteiger partial charge < -0.3 is 126 Å². The third kappa shape index (κ3) is 29.1. The Morgan fingerprint density at radius 1 is 0.462 bits per heavy atom. The van der Waals surface area contributed by atoms with Crippen LogP contribution in [-0.2, 0) is 28.8 Å². The number of aliphatic carboxylic acids is 3. The second kappa shape index (κ2) is 36.4. The zero-order valence-electron chi connectivity index (χ0n) is 28.0. The summed E-state index contributed by atoms with van der Waals surface area (Å²) in [6, 6.07) is 0. The van der Waals surface area contributed by atoms with Crippen LogP contribution in [0.5, 0.6) is 0 Å². The van der Waals surface area contributed by atoms with Crippen molar-refractivity contribution in [3.63, 3.8) is 0 Å². The zero-order valence-corrected chi connectivity index (χ0v) is 34.0. The first kappa shape index (κ1) is 66.6. The van der Waals surface area contributed by atoms with Crippen LogP contribution in [0.25, 0.3) is 0 Å². The topological polar surface area (TPSA) is 495 Å². The van der Waals surface area contributed by atoms with Crippen LogP contribution in [0.3, 0.4) is 0 Å². The molecule has 0 unspecified atom stereocenters. The van der Waals surface area contributed by atoms with Crippen molar-refractivity contribution in [2.45, 2.75) is 91.7 Å². The molecular formula is C24H41Na3O25. The van der Waals surface area contributed by atoms with E-state index in [1.807, 2.05) is 0 Å². The third-order valence-corrected chi connectivity index (χ3v) is 5.52. The molecule has 52 heavy (non-hydrogen) atoms. The average molecular weight is 799 g/mol. The average Bonchev–Trinajstić information content (AvgIpc) is 3.07. The molecule has 0 spiro atoms. The van der Waals surface area contributed by atoms with Crippen LogP contribution in [-0.4, -0.2) is 217 Å². The summed E-state index contributed by atoms with van der Waals surface area (Å²) in [6.07, 6.45) is -23.2. The molecule has 0 aromatic rings. The van der Waals surface area contributed by atoms with E-state index in [9.17, 15) is 44.1 Å². The van der Waals surface area contributed by atoms with Crippen molar-refractivity contribution in [2.75, 3.05) is 19.8 Å². The van der Waals surface area contributed by atoms with Gasteiger partial charge in [-0.1, -0.05) is 0 Å². The normalized spacial score (nSPS) is 17.3.